The molecule has 0 fully saturated rings. The molecule has 0 aliphatic rings. The fraction of sp³-hybridized carbons (Fsp3) is 0.278. The summed E-state index contributed by atoms with van der Waals surface area (Å²) in [5.41, 5.74) is 2.89. The predicted molar refractivity (Wildman–Crippen MR) is 97.9 cm³/mol. The van der Waals surface area contributed by atoms with Gasteiger partial charge in [0.15, 0.2) is 0 Å². The molecule has 2 rings (SSSR count). The summed E-state index contributed by atoms with van der Waals surface area (Å²) in [6.07, 6.45) is 1.79. The molecular weight excluding hydrogens is 331 g/mol. The molecule has 0 aromatic heterocycles. The van der Waals surface area contributed by atoms with Crippen molar-refractivity contribution in [2.75, 3.05) is 25.5 Å². The van der Waals surface area contributed by atoms with E-state index in [2.05, 4.69) is 34.5 Å². The van der Waals surface area contributed by atoms with Gasteiger partial charge in [-0.25, -0.2) is 0 Å². The lowest BCUT2D eigenvalue weighted by molar-refractivity contribution is 0.0953. The lowest BCUT2D eigenvalue weighted by atomic mass is 10.1. The molecule has 0 heterocycles. The van der Waals surface area contributed by atoms with Crippen molar-refractivity contribution in [1.29, 1.82) is 0 Å². The summed E-state index contributed by atoms with van der Waals surface area (Å²) in [4.78, 5) is 14.1. The number of nitrogens with zero attached hydrogens (tertiary/aromatic N) is 1. The second-order valence-electron chi connectivity index (χ2n) is 5.54. The summed E-state index contributed by atoms with van der Waals surface area (Å²) < 4.78 is 0. The van der Waals surface area contributed by atoms with Crippen LogP contribution in [0.3, 0.4) is 0 Å². The molecule has 2 aromatic carbocycles. The van der Waals surface area contributed by atoms with Gasteiger partial charge in [-0.3, -0.25) is 4.79 Å². The van der Waals surface area contributed by atoms with Gasteiger partial charge < -0.3 is 10.2 Å². The maximum Gasteiger partial charge on any atom is 0.252 e. The fourth-order valence-electron chi connectivity index (χ4n) is 2.22. The Morgan fingerprint density at radius 3 is 2.39 bits per heavy atom. The van der Waals surface area contributed by atoms with Crippen LogP contribution in [0.2, 0.25) is 10.0 Å². The van der Waals surface area contributed by atoms with E-state index in [4.69, 9.17) is 23.2 Å². The zero-order valence-electron chi connectivity index (χ0n) is 13.3. The van der Waals surface area contributed by atoms with Crippen LogP contribution in [0.4, 0.5) is 5.69 Å². The van der Waals surface area contributed by atoms with Gasteiger partial charge in [-0.05, 0) is 48.7 Å². The molecule has 0 aliphatic carbocycles. The van der Waals surface area contributed by atoms with Gasteiger partial charge >= 0.3 is 0 Å². The van der Waals surface area contributed by atoms with Crippen molar-refractivity contribution < 1.29 is 4.79 Å². The first kappa shape index (κ1) is 17.6. The van der Waals surface area contributed by atoms with Crippen molar-refractivity contribution in [3.8, 4) is 0 Å². The molecule has 0 radical (unpaired) electrons. The van der Waals surface area contributed by atoms with Gasteiger partial charge in [-0.15, -0.1) is 0 Å². The average Bonchev–Trinajstić information content (AvgIpc) is 2.51. The van der Waals surface area contributed by atoms with E-state index in [1.54, 1.807) is 18.2 Å². The van der Waals surface area contributed by atoms with E-state index < -0.39 is 0 Å². The first-order valence-electron chi connectivity index (χ1n) is 7.47. The minimum absolute atomic E-state index is 0.172. The van der Waals surface area contributed by atoms with E-state index in [0.29, 0.717) is 22.2 Å². The van der Waals surface area contributed by atoms with Crippen LogP contribution in [0, 0.1) is 0 Å². The number of carbonyl (C=O) groups is 1. The minimum atomic E-state index is -0.172. The zero-order valence-corrected chi connectivity index (χ0v) is 14.8. The van der Waals surface area contributed by atoms with Crippen LogP contribution in [-0.2, 0) is 6.42 Å². The number of carbonyl (C=O) groups excluding carboxylic acids is 1. The summed E-state index contributed by atoms with van der Waals surface area (Å²) in [6, 6.07) is 13.3. The highest BCUT2D eigenvalue weighted by Gasteiger charge is 2.09. The number of benzene rings is 2. The first-order chi connectivity index (χ1) is 11.0. The maximum atomic E-state index is 12.1. The zero-order chi connectivity index (χ0) is 16.8. The van der Waals surface area contributed by atoms with Crippen molar-refractivity contribution in [3.05, 3.63) is 63.6 Å². The maximum absolute atomic E-state index is 12.1. The van der Waals surface area contributed by atoms with Crippen LogP contribution < -0.4 is 10.2 Å². The molecular formula is C18H20Cl2N2O. The molecule has 0 saturated carbocycles. The van der Waals surface area contributed by atoms with E-state index in [0.717, 1.165) is 12.8 Å². The third-order valence-corrected chi connectivity index (χ3v) is 4.10. The highest BCUT2D eigenvalue weighted by atomic mass is 35.5. The molecule has 5 heteroatoms. The normalized spacial score (nSPS) is 10.4. The van der Waals surface area contributed by atoms with Gasteiger partial charge in [0, 0.05) is 31.4 Å². The van der Waals surface area contributed by atoms with E-state index in [1.807, 2.05) is 14.1 Å². The minimum Gasteiger partial charge on any atom is -0.378 e. The molecule has 122 valence electrons. The highest BCUT2D eigenvalue weighted by Crippen LogP contribution is 2.20. The number of halogens is 2. The van der Waals surface area contributed by atoms with Crippen LogP contribution in [0.25, 0.3) is 0 Å². The molecule has 0 unspecified atom stereocenters. The largest absolute Gasteiger partial charge is 0.378 e. The average molecular weight is 351 g/mol. The summed E-state index contributed by atoms with van der Waals surface area (Å²) in [5.74, 6) is -0.172. The van der Waals surface area contributed by atoms with E-state index >= 15 is 0 Å². The molecule has 0 spiro atoms. The number of amides is 1. The number of anilines is 1. The molecule has 3 nitrogen and oxygen atoms in total. The van der Waals surface area contributed by atoms with Crippen LogP contribution >= 0.6 is 23.2 Å². The van der Waals surface area contributed by atoms with Crippen molar-refractivity contribution in [1.82, 2.24) is 5.32 Å². The van der Waals surface area contributed by atoms with Crippen molar-refractivity contribution in [3.63, 3.8) is 0 Å². The van der Waals surface area contributed by atoms with Crippen LogP contribution in [-0.4, -0.2) is 26.5 Å². The van der Waals surface area contributed by atoms with Gasteiger partial charge in [0.2, 0.25) is 0 Å². The lowest BCUT2D eigenvalue weighted by Gasteiger charge is -2.12. The quantitative estimate of drug-likeness (QED) is 0.782. The van der Waals surface area contributed by atoms with Crippen molar-refractivity contribution in [2.45, 2.75) is 12.8 Å². The van der Waals surface area contributed by atoms with Gasteiger partial charge in [0.25, 0.3) is 5.91 Å². The fourth-order valence-corrected chi connectivity index (χ4v) is 2.72. The van der Waals surface area contributed by atoms with Gasteiger partial charge in [0.05, 0.1) is 10.6 Å². The topological polar surface area (TPSA) is 32.3 Å². The third kappa shape index (κ3) is 5.15. The van der Waals surface area contributed by atoms with Crippen molar-refractivity contribution in [2.24, 2.45) is 0 Å². The summed E-state index contributed by atoms with van der Waals surface area (Å²) in [6.45, 7) is 0.604. The van der Waals surface area contributed by atoms with Crippen LogP contribution in [0.1, 0.15) is 22.3 Å². The number of aryl methyl sites for hydroxylation is 1. The first-order valence-corrected chi connectivity index (χ1v) is 8.22. The Labute approximate surface area is 147 Å². The molecule has 0 atom stereocenters. The Kier molecular flexibility index (Phi) is 6.31. The number of hydrogen-bond acceptors (Lipinski definition) is 2. The molecule has 2 aromatic rings. The Bertz CT molecular complexity index is 669. The van der Waals surface area contributed by atoms with Crippen molar-refractivity contribution >= 4 is 34.8 Å². The Morgan fingerprint density at radius 2 is 1.78 bits per heavy atom. The smallest absolute Gasteiger partial charge is 0.252 e. The highest BCUT2D eigenvalue weighted by molar-refractivity contribution is 6.36. The molecule has 23 heavy (non-hydrogen) atoms. The number of rotatable bonds is 6. The number of nitrogens with one attached hydrogen (secondary N) is 1. The second kappa shape index (κ2) is 8.23. The van der Waals surface area contributed by atoms with Gasteiger partial charge in [-0.1, -0.05) is 35.3 Å². The second-order valence-corrected chi connectivity index (χ2v) is 6.39. The molecule has 0 saturated heterocycles. The monoisotopic (exact) mass is 350 g/mol. The van der Waals surface area contributed by atoms with Gasteiger partial charge in [-0.2, -0.15) is 0 Å². The molecule has 1 amide bonds. The standard InChI is InChI=1S/C18H20Cl2N2O/c1-22(2)15-8-5-13(6-9-15)4-3-11-21-18(23)16-10-7-14(19)12-17(16)20/h5-10,12H,3-4,11H2,1-2H3,(H,21,23). The van der Waals surface area contributed by atoms with E-state index in [1.165, 1.54) is 11.3 Å². The third-order valence-electron chi connectivity index (χ3n) is 3.56. The Morgan fingerprint density at radius 1 is 1.09 bits per heavy atom. The Hall–Kier alpha value is -1.71. The SMILES string of the molecule is CN(C)c1ccc(CCCNC(=O)c2ccc(Cl)cc2Cl)cc1. The van der Waals surface area contributed by atoms with Gasteiger partial charge in [0.1, 0.15) is 0 Å². The summed E-state index contributed by atoms with van der Waals surface area (Å²) >= 11 is 11.9. The summed E-state index contributed by atoms with van der Waals surface area (Å²) in [5, 5.41) is 3.78. The number of hydrogen-bond donors (Lipinski definition) is 1. The lowest BCUT2D eigenvalue weighted by Crippen LogP contribution is -2.25. The molecule has 0 bridgehead atoms. The van der Waals surface area contributed by atoms with E-state index in [9.17, 15) is 4.79 Å². The van der Waals surface area contributed by atoms with E-state index in [-0.39, 0.29) is 5.91 Å². The molecule has 0 aliphatic heterocycles. The summed E-state index contributed by atoms with van der Waals surface area (Å²) in [7, 11) is 4.04. The molecule has 1 N–H and O–H groups in total. The van der Waals surface area contributed by atoms with Crippen LogP contribution in [0.5, 0.6) is 0 Å². The van der Waals surface area contributed by atoms with Crippen LogP contribution in [0.15, 0.2) is 42.5 Å². The Balaban J connectivity index is 1.79. The predicted octanol–water partition coefficient (Wildman–Crippen LogP) is 4.42.